The second-order valence-electron chi connectivity index (χ2n) is 4.40. The third kappa shape index (κ3) is 1.47. The van der Waals surface area contributed by atoms with Crippen molar-refractivity contribution < 1.29 is 0 Å². The van der Waals surface area contributed by atoms with E-state index in [1.165, 1.54) is 38.5 Å². The fourth-order valence-electron chi connectivity index (χ4n) is 2.58. The van der Waals surface area contributed by atoms with Crippen molar-refractivity contribution in [1.29, 1.82) is 0 Å². The Labute approximate surface area is 74.2 Å². The summed E-state index contributed by atoms with van der Waals surface area (Å²) in [5.41, 5.74) is 6.24. The maximum Gasteiger partial charge on any atom is 0.0943 e. The number of aliphatic imine (C=N–C) groups is 1. The molecule has 2 aliphatic rings. The van der Waals surface area contributed by atoms with Crippen LogP contribution in [0.25, 0.3) is 0 Å². The van der Waals surface area contributed by atoms with Gasteiger partial charge < -0.3 is 5.73 Å². The van der Waals surface area contributed by atoms with Gasteiger partial charge in [-0.05, 0) is 18.3 Å². The van der Waals surface area contributed by atoms with Crippen LogP contribution in [0.5, 0.6) is 0 Å². The molecule has 0 aromatic carbocycles. The maximum atomic E-state index is 5.74. The van der Waals surface area contributed by atoms with Crippen molar-refractivity contribution in [1.82, 2.24) is 0 Å². The monoisotopic (exact) mass is 166 g/mol. The summed E-state index contributed by atoms with van der Waals surface area (Å²) in [6.45, 7) is 1.01. The molecule has 1 saturated carbocycles. The van der Waals surface area contributed by atoms with E-state index in [0.717, 1.165) is 18.8 Å². The van der Waals surface area contributed by atoms with Crippen LogP contribution in [-0.4, -0.2) is 12.4 Å². The molecule has 0 unspecified atom stereocenters. The van der Waals surface area contributed by atoms with E-state index in [4.69, 9.17) is 5.73 Å². The van der Waals surface area contributed by atoms with Crippen molar-refractivity contribution in [2.24, 2.45) is 16.1 Å². The summed E-state index contributed by atoms with van der Waals surface area (Å²) in [6.07, 6.45) is 9.41. The number of rotatable bonds is 0. The second kappa shape index (κ2) is 3.08. The van der Waals surface area contributed by atoms with Crippen LogP contribution in [0, 0.1) is 5.41 Å². The lowest BCUT2D eigenvalue weighted by Gasteiger charge is -2.25. The van der Waals surface area contributed by atoms with E-state index < -0.39 is 0 Å². The van der Waals surface area contributed by atoms with Crippen molar-refractivity contribution in [3.05, 3.63) is 0 Å². The standard InChI is InChI=1S/C10H18N2/c11-9-7-10(8-12-9)5-3-1-2-4-6-10/h1-8H2,(H2,11,12). The molecule has 0 atom stereocenters. The first-order valence-electron chi connectivity index (χ1n) is 5.10. The molecule has 1 aliphatic heterocycles. The average molecular weight is 166 g/mol. The molecular formula is C10H18N2. The SMILES string of the molecule is NC1=NCC2(CCCCCC2)C1. The van der Waals surface area contributed by atoms with Crippen LogP contribution < -0.4 is 5.73 Å². The number of nitrogens with zero attached hydrogens (tertiary/aromatic N) is 1. The van der Waals surface area contributed by atoms with Crippen molar-refractivity contribution in [3.63, 3.8) is 0 Å². The molecule has 0 saturated heterocycles. The molecular weight excluding hydrogens is 148 g/mol. The van der Waals surface area contributed by atoms with Gasteiger partial charge in [-0.2, -0.15) is 0 Å². The molecule has 2 nitrogen and oxygen atoms in total. The molecule has 2 heteroatoms. The van der Waals surface area contributed by atoms with E-state index in [1.54, 1.807) is 0 Å². The van der Waals surface area contributed by atoms with Gasteiger partial charge in [-0.15, -0.1) is 0 Å². The van der Waals surface area contributed by atoms with E-state index in [2.05, 4.69) is 4.99 Å². The Bertz CT molecular complexity index is 188. The Kier molecular flexibility index (Phi) is 2.07. The van der Waals surface area contributed by atoms with Crippen LogP contribution >= 0.6 is 0 Å². The van der Waals surface area contributed by atoms with Gasteiger partial charge in [0.1, 0.15) is 0 Å². The number of nitrogens with two attached hydrogens (primary N) is 1. The molecule has 12 heavy (non-hydrogen) atoms. The molecule has 0 amide bonds. The van der Waals surface area contributed by atoms with Gasteiger partial charge in [-0.1, -0.05) is 25.7 Å². The molecule has 1 fully saturated rings. The average Bonchev–Trinajstić information content (AvgIpc) is 2.30. The van der Waals surface area contributed by atoms with Gasteiger partial charge in [-0.3, -0.25) is 4.99 Å². The molecule has 0 aromatic heterocycles. The van der Waals surface area contributed by atoms with Crippen LogP contribution in [0.2, 0.25) is 0 Å². The first kappa shape index (κ1) is 8.09. The number of amidine groups is 1. The van der Waals surface area contributed by atoms with Crippen LogP contribution in [0.1, 0.15) is 44.9 Å². The molecule has 2 rings (SSSR count). The second-order valence-corrected chi connectivity index (χ2v) is 4.40. The highest BCUT2D eigenvalue weighted by Gasteiger charge is 2.35. The summed E-state index contributed by atoms with van der Waals surface area (Å²) in [5.74, 6) is 0.900. The molecule has 2 N–H and O–H groups in total. The molecule has 68 valence electrons. The molecule has 0 aromatic rings. The summed E-state index contributed by atoms with van der Waals surface area (Å²) in [4.78, 5) is 4.35. The van der Waals surface area contributed by atoms with Gasteiger partial charge in [0.25, 0.3) is 0 Å². The van der Waals surface area contributed by atoms with E-state index >= 15 is 0 Å². The predicted octanol–water partition coefficient (Wildman–Crippen LogP) is 2.09. The highest BCUT2D eigenvalue weighted by atomic mass is 14.9. The summed E-state index contributed by atoms with van der Waals surface area (Å²) in [5, 5.41) is 0. The highest BCUT2D eigenvalue weighted by Crippen LogP contribution is 2.40. The summed E-state index contributed by atoms with van der Waals surface area (Å²) >= 11 is 0. The van der Waals surface area contributed by atoms with Crippen LogP contribution in [-0.2, 0) is 0 Å². The van der Waals surface area contributed by atoms with Gasteiger partial charge in [0, 0.05) is 13.0 Å². The maximum absolute atomic E-state index is 5.74. The normalized spacial score (nSPS) is 28.5. The van der Waals surface area contributed by atoms with Crippen molar-refractivity contribution in [2.45, 2.75) is 44.9 Å². The zero-order valence-corrected chi connectivity index (χ0v) is 7.68. The molecule has 1 aliphatic carbocycles. The first-order valence-corrected chi connectivity index (χ1v) is 5.10. The number of hydrogen-bond acceptors (Lipinski definition) is 2. The molecule has 1 heterocycles. The van der Waals surface area contributed by atoms with Gasteiger partial charge >= 0.3 is 0 Å². The van der Waals surface area contributed by atoms with E-state index in [-0.39, 0.29) is 0 Å². The van der Waals surface area contributed by atoms with E-state index in [9.17, 15) is 0 Å². The third-order valence-electron chi connectivity index (χ3n) is 3.34. The summed E-state index contributed by atoms with van der Waals surface area (Å²) in [6, 6.07) is 0. The Morgan fingerprint density at radius 1 is 1.08 bits per heavy atom. The molecule has 0 bridgehead atoms. The largest absolute Gasteiger partial charge is 0.387 e. The Morgan fingerprint density at radius 2 is 1.75 bits per heavy atom. The van der Waals surface area contributed by atoms with Crippen molar-refractivity contribution in [3.8, 4) is 0 Å². The quantitative estimate of drug-likeness (QED) is 0.588. The number of hydrogen-bond donors (Lipinski definition) is 1. The van der Waals surface area contributed by atoms with Crippen molar-refractivity contribution in [2.75, 3.05) is 6.54 Å². The Balaban J connectivity index is 2.01. The van der Waals surface area contributed by atoms with E-state index in [0.29, 0.717) is 5.41 Å². The highest BCUT2D eigenvalue weighted by molar-refractivity contribution is 5.82. The van der Waals surface area contributed by atoms with Crippen LogP contribution in [0.3, 0.4) is 0 Å². The van der Waals surface area contributed by atoms with Crippen LogP contribution in [0.15, 0.2) is 4.99 Å². The fourth-order valence-corrected chi connectivity index (χ4v) is 2.58. The third-order valence-corrected chi connectivity index (χ3v) is 3.34. The minimum atomic E-state index is 0.501. The Hall–Kier alpha value is -0.530. The summed E-state index contributed by atoms with van der Waals surface area (Å²) < 4.78 is 0. The predicted molar refractivity (Wildman–Crippen MR) is 51.2 cm³/mol. The first-order chi connectivity index (χ1) is 5.81. The van der Waals surface area contributed by atoms with Gasteiger partial charge in [-0.25, -0.2) is 0 Å². The minimum Gasteiger partial charge on any atom is -0.387 e. The van der Waals surface area contributed by atoms with E-state index in [1.807, 2.05) is 0 Å². The van der Waals surface area contributed by atoms with Crippen molar-refractivity contribution >= 4 is 5.84 Å². The fraction of sp³-hybridized carbons (Fsp3) is 0.900. The lowest BCUT2D eigenvalue weighted by Crippen LogP contribution is -2.23. The zero-order chi connectivity index (χ0) is 8.44. The topological polar surface area (TPSA) is 38.4 Å². The molecule has 0 radical (unpaired) electrons. The lowest BCUT2D eigenvalue weighted by molar-refractivity contribution is 0.283. The minimum absolute atomic E-state index is 0.501. The molecule has 1 spiro atoms. The van der Waals surface area contributed by atoms with Gasteiger partial charge in [0.05, 0.1) is 5.84 Å². The lowest BCUT2D eigenvalue weighted by atomic mass is 9.79. The van der Waals surface area contributed by atoms with Crippen LogP contribution in [0.4, 0.5) is 0 Å². The Morgan fingerprint density at radius 3 is 2.25 bits per heavy atom. The smallest absolute Gasteiger partial charge is 0.0943 e. The van der Waals surface area contributed by atoms with Gasteiger partial charge in [0.15, 0.2) is 0 Å². The summed E-state index contributed by atoms with van der Waals surface area (Å²) in [7, 11) is 0. The zero-order valence-electron chi connectivity index (χ0n) is 7.68. The van der Waals surface area contributed by atoms with Gasteiger partial charge in [0.2, 0.25) is 0 Å².